The number of hydrogen-bond acceptors (Lipinski definition) is 5. The zero-order valence-corrected chi connectivity index (χ0v) is 16.5. The van der Waals surface area contributed by atoms with Crippen LogP contribution >= 0.6 is 12.8 Å². The number of carbonyl (C=O) groups excluding carboxylic acids is 1. The molecule has 3 aromatic rings. The van der Waals surface area contributed by atoms with Crippen molar-refractivity contribution in [3.8, 4) is 11.5 Å². The first-order valence-corrected chi connectivity index (χ1v) is 9.54. The van der Waals surface area contributed by atoms with Crippen LogP contribution in [-0.2, 0) is 0 Å². The van der Waals surface area contributed by atoms with E-state index in [2.05, 4.69) is 24.7 Å². The number of unbranched alkanes of at least 4 members (excludes halogenated alkanes) is 1. The second kappa shape index (κ2) is 9.32. The average molecular weight is 398 g/mol. The lowest BCUT2D eigenvalue weighted by atomic mass is 10.2. The Labute approximate surface area is 169 Å². The maximum absolute atomic E-state index is 11.3. The third-order valence-corrected chi connectivity index (χ3v) is 4.63. The van der Waals surface area contributed by atoms with Crippen molar-refractivity contribution in [3.63, 3.8) is 0 Å². The third-order valence-electron chi connectivity index (χ3n) is 4.20. The molecule has 2 amide bonds. The number of benzene rings is 2. The van der Waals surface area contributed by atoms with E-state index in [1.165, 1.54) is 0 Å². The van der Waals surface area contributed by atoms with E-state index in [4.69, 9.17) is 15.2 Å². The van der Waals surface area contributed by atoms with E-state index in [1.54, 1.807) is 30.5 Å². The van der Waals surface area contributed by atoms with Crippen molar-refractivity contribution in [1.82, 2.24) is 4.98 Å². The van der Waals surface area contributed by atoms with Crippen LogP contribution in [-0.4, -0.2) is 17.3 Å². The van der Waals surface area contributed by atoms with Gasteiger partial charge in [0.1, 0.15) is 11.5 Å². The second-order valence-electron chi connectivity index (χ2n) is 6.28. The lowest BCUT2D eigenvalue weighted by Gasteiger charge is -2.22. The molecule has 0 aliphatic heterocycles. The summed E-state index contributed by atoms with van der Waals surface area (Å²) < 4.78 is 13.3. The van der Waals surface area contributed by atoms with Crippen molar-refractivity contribution in [1.29, 1.82) is 0 Å². The number of amides is 2. The van der Waals surface area contributed by atoms with E-state index in [0.29, 0.717) is 11.4 Å². The van der Waals surface area contributed by atoms with Crippen LogP contribution in [0, 0.1) is 0 Å². The van der Waals surface area contributed by atoms with Gasteiger partial charge in [0.15, 0.2) is 0 Å². The Morgan fingerprint density at radius 3 is 2.79 bits per heavy atom. The summed E-state index contributed by atoms with van der Waals surface area (Å²) in [4.78, 5) is 15.7. The Kier molecular flexibility index (Phi) is 6.60. The maximum Gasteiger partial charge on any atom is 0.329 e. The molecule has 2 aromatic carbocycles. The molecule has 0 aliphatic carbocycles. The zero-order chi connectivity index (χ0) is 19.9. The lowest BCUT2D eigenvalue weighted by molar-refractivity contribution is -0.000962. The van der Waals surface area contributed by atoms with Crippen molar-refractivity contribution >= 4 is 35.4 Å². The van der Waals surface area contributed by atoms with Crippen molar-refractivity contribution in [3.05, 3.63) is 60.8 Å². The van der Waals surface area contributed by atoms with Gasteiger partial charge < -0.3 is 15.2 Å². The fourth-order valence-corrected chi connectivity index (χ4v) is 2.92. The minimum atomic E-state index is -0.664. The quantitative estimate of drug-likeness (QED) is 0.417. The molecule has 0 bridgehead atoms. The fourth-order valence-electron chi connectivity index (χ4n) is 2.79. The molecule has 0 radical (unpaired) electrons. The van der Waals surface area contributed by atoms with Gasteiger partial charge in [-0.05, 0) is 36.8 Å². The van der Waals surface area contributed by atoms with Crippen LogP contribution in [0.25, 0.3) is 10.9 Å². The number of thiol groups is 1. The highest BCUT2D eigenvalue weighted by Crippen LogP contribution is 2.28. The van der Waals surface area contributed by atoms with Crippen LogP contribution in [0.4, 0.5) is 10.5 Å². The molecule has 2 N–H and O–H groups in total. The summed E-state index contributed by atoms with van der Waals surface area (Å²) in [6.07, 6.45) is 3.93. The van der Waals surface area contributed by atoms with Crippen molar-refractivity contribution in [2.45, 2.75) is 32.5 Å². The fraction of sp³-hybridized carbons (Fsp3) is 0.238. The van der Waals surface area contributed by atoms with Gasteiger partial charge in [-0.1, -0.05) is 44.4 Å². The summed E-state index contributed by atoms with van der Waals surface area (Å²) in [7, 11) is 0. The summed E-state index contributed by atoms with van der Waals surface area (Å²) in [5.74, 6) is 1.29. The normalized spacial score (nSPS) is 11.8. The lowest BCUT2D eigenvalue weighted by Crippen LogP contribution is -2.27. The molecule has 1 unspecified atom stereocenters. The summed E-state index contributed by atoms with van der Waals surface area (Å²) in [6.45, 7) is 2.12. The van der Waals surface area contributed by atoms with Crippen LogP contribution in [0.2, 0.25) is 0 Å². The van der Waals surface area contributed by atoms with Gasteiger partial charge in [0.2, 0.25) is 6.29 Å². The van der Waals surface area contributed by atoms with Gasteiger partial charge >= 0.3 is 6.03 Å². The van der Waals surface area contributed by atoms with E-state index < -0.39 is 12.3 Å². The molecular weight excluding hydrogens is 374 g/mol. The molecule has 1 atom stereocenters. The summed E-state index contributed by atoms with van der Waals surface area (Å²) in [5, 5.41) is 0.930. The first kappa shape index (κ1) is 19.8. The predicted molar refractivity (Wildman–Crippen MR) is 114 cm³/mol. The predicted octanol–water partition coefficient (Wildman–Crippen LogP) is 4.94. The van der Waals surface area contributed by atoms with Crippen LogP contribution in [0.1, 0.15) is 26.2 Å². The zero-order valence-electron chi connectivity index (χ0n) is 15.6. The molecule has 0 fully saturated rings. The van der Waals surface area contributed by atoms with E-state index >= 15 is 0 Å². The number of primary amides is 1. The molecule has 3 rings (SSSR count). The molecular formula is C21H23N3O3S. The van der Waals surface area contributed by atoms with Crippen LogP contribution in [0.3, 0.4) is 0 Å². The monoisotopic (exact) mass is 397 g/mol. The number of nitrogens with zero attached hydrogens (tertiary/aromatic N) is 2. The molecule has 6 nitrogen and oxygen atoms in total. The Hall–Kier alpha value is -2.93. The van der Waals surface area contributed by atoms with Gasteiger partial charge in [-0.15, -0.1) is 0 Å². The molecule has 0 saturated heterocycles. The SMILES string of the molecule is CCCCC(Oc1cccc(N(S)C(N)=O)c1)Oc1ccnc2ccccc12. The molecule has 146 valence electrons. The number of pyridine rings is 1. The van der Waals surface area contributed by atoms with Crippen molar-refractivity contribution in [2.24, 2.45) is 5.73 Å². The molecule has 0 aliphatic rings. The number of carbonyl (C=O) groups is 1. The first-order chi connectivity index (χ1) is 13.6. The van der Waals surface area contributed by atoms with Crippen LogP contribution in [0.15, 0.2) is 60.8 Å². The third kappa shape index (κ3) is 4.86. The number of para-hydroxylation sites is 1. The smallest absolute Gasteiger partial charge is 0.329 e. The topological polar surface area (TPSA) is 77.7 Å². The van der Waals surface area contributed by atoms with Gasteiger partial charge in [-0.2, -0.15) is 0 Å². The van der Waals surface area contributed by atoms with Gasteiger partial charge in [0.25, 0.3) is 0 Å². The summed E-state index contributed by atoms with van der Waals surface area (Å²) in [6, 6.07) is 16.0. The van der Waals surface area contributed by atoms with Gasteiger partial charge in [-0.3, -0.25) is 4.98 Å². The minimum Gasteiger partial charge on any atom is -0.455 e. The van der Waals surface area contributed by atoms with Crippen molar-refractivity contribution < 1.29 is 14.3 Å². The van der Waals surface area contributed by atoms with Gasteiger partial charge in [0.05, 0.1) is 11.2 Å². The largest absolute Gasteiger partial charge is 0.455 e. The molecule has 28 heavy (non-hydrogen) atoms. The Morgan fingerprint density at radius 2 is 2.00 bits per heavy atom. The number of hydrogen-bond donors (Lipinski definition) is 2. The number of nitrogens with two attached hydrogens (primary N) is 1. The van der Waals surface area contributed by atoms with Gasteiger partial charge in [-0.25, -0.2) is 9.10 Å². The van der Waals surface area contributed by atoms with Crippen LogP contribution < -0.4 is 19.5 Å². The standard InChI is InChI=1S/C21H23N3O3S/c1-2-3-11-20(26-16-8-6-7-15(14-16)24(28)21(22)25)27-19-12-13-23-18-10-5-4-9-17(18)19/h4-10,12-14,20,28H,2-3,11H2,1H3,(H2,22,25). The summed E-state index contributed by atoms with van der Waals surface area (Å²) in [5.41, 5.74) is 6.67. The van der Waals surface area contributed by atoms with E-state index in [9.17, 15) is 4.79 Å². The van der Waals surface area contributed by atoms with Crippen LogP contribution in [0.5, 0.6) is 11.5 Å². The molecule has 1 aromatic heterocycles. The number of urea groups is 1. The maximum atomic E-state index is 11.3. The Bertz CT molecular complexity index is 946. The first-order valence-electron chi connectivity index (χ1n) is 9.14. The minimum absolute atomic E-state index is 0.483. The highest BCUT2D eigenvalue weighted by molar-refractivity contribution is 7.82. The number of anilines is 1. The average Bonchev–Trinajstić information content (AvgIpc) is 2.72. The number of ether oxygens (including phenoxy) is 2. The highest BCUT2D eigenvalue weighted by atomic mass is 32.1. The molecule has 7 heteroatoms. The number of aromatic nitrogens is 1. The Morgan fingerprint density at radius 1 is 1.18 bits per heavy atom. The van der Waals surface area contributed by atoms with E-state index in [-0.39, 0.29) is 0 Å². The Balaban J connectivity index is 1.83. The highest BCUT2D eigenvalue weighted by Gasteiger charge is 2.16. The molecule has 1 heterocycles. The van der Waals surface area contributed by atoms with E-state index in [0.717, 1.165) is 40.2 Å². The van der Waals surface area contributed by atoms with Crippen molar-refractivity contribution in [2.75, 3.05) is 4.31 Å². The molecule has 0 spiro atoms. The summed E-state index contributed by atoms with van der Waals surface area (Å²) >= 11 is 4.09. The second-order valence-corrected chi connectivity index (χ2v) is 6.68. The number of rotatable bonds is 8. The van der Waals surface area contributed by atoms with Gasteiger partial charge in [0, 0.05) is 24.1 Å². The molecule has 0 saturated carbocycles. The van der Waals surface area contributed by atoms with E-state index in [1.807, 2.05) is 30.3 Å². The number of fused-ring (bicyclic) bond motifs is 1.